The number of ether oxygens (including phenoxy) is 2. The normalized spacial score (nSPS) is 44.8. The number of nitrogens with zero attached hydrogens (tertiary/aromatic N) is 1. The Morgan fingerprint density at radius 1 is 1.25 bits per heavy atom. The third kappa shape index (κ3) is 1.78. The number of rotatable bonds is 2. The fourth-order valence-electron chi connectivity index (χ4n) is 3.38. The van der Waals surface area contributed by atoms with Crippen molar-refractivity contribution >= 4 is 0 Å². The molecule has 0 saturated carbocycles. The van der Waals surface area contributed by atoms with Gasteiger partial charge in [0.1, 0.15) is 0 Å². The van der Waals surface area contributed by atoms with E-state index in [1.54, 1.807) is 0 Å². The molecular weight excluding hydrogens is 204 g/mol. The van der Waals surface area contributed by atoms with E-state index in [0.29, 0.717) is 18.8 Å². The Kier molecular flexibility index (Phi) is 2.92. The molecule has 3 aliphatic heterocycles. The molecule has 3 fully saturated rings. The second kappa shape index (κ2) is 4.26. The summed E-state index contributed by atoms with van der Waals surface area (Å²) in [6.07, 6.45) is 5.67. The number of nitrogens with two attached hydrogens (primary N) is 1. The van der Waals surface area contributed by atoms with Gasteiger partial charge < -0.3 is 15.2 Å². The van der Waals surface area contributed by atoms with Gasteiger partial charge in [-0.1, -0.05) is 0 Å². The minimum absolute atomic E-state index is 0.100. The molecule has 2 bridgehead atoms. The molecule has 0 aliphatic carbocycles. The second-order valence-corrected chi connectivity index (χ2v) is 5.45. The van der Waals surface area contributed by atoms with Crippen molar-refractivity contribution in [3.63, 3.8) is 0 Å². The number of morpholine rings is 1. The summed E-state index contributed by atoms with van der Waals surface area (Å²) in [5.41, 5.74) is 6.12. The molecular formula is C12H22N2O2. The van der Waals surface area contributed by atoms with E-state index in [-0.39, 0.29) is 5.54 Å². The Morgan fingerprint density at radius 3 is 2.56 bits per heavy atom. The molecule has 92 valence electrons. The van der Waals surface area contributed by atoms with Crippen LogP contribution in [-0.4, -0.2) is 55.5 Å². The van der Waals surface area contributed by atoms with Crippen LogP contribution in [0.1, 0.15) is 25.7 Å². The van der Waals surface area contributed by atoms with E-state index in [0.717, 1.165) is 32.7 Å². The van der Waals surface area contributed by atoms with Gasteiger partial charge in [0.05, 0.1) is 24.4 Å². The Morgan fingerprint density at radius 2 is 2.00 bits per heavy atom. The van der Waals surface area contributed by atoms with Crippen molar-refractivity contribution in [3.05, 3.63) is 0 Å². The molecule has 3 aliphatic rings. The van der Waals surface area contributed by atoms with Gasteiger partial charge in [-0.2, -0.15) is 0 Å². The minimum atomic E-state index is 0.100. The molecule has 16 heavy (non-hydrogen) atoms. The van der Waals surface area contributed by atoms with Crippen molar-refractivity contribution in [2.45, 2.75) is 43.4 Å². The highest BCUT2D eigenvalue weighted by atomic mass is 16.5. The lowest BCUT2D eigenvalue weighted by Crippen LogP contribution is -2.63. The predicted molar refractivity (Wildman–Crippen MR) is 61.3 cm³/mol. The van der Waals surface area contributed by atoms with Crippen molar-refractivity contribution in [1.82, 2.24) is 4.90 Å². The maximum Gasteiger partial charge on any atom is 0.0707 e. The van der Waals surface area contributed by atoms with Crippen molar-refractivity contribution in [3.8, 4) is 0 Å². The maximum absolute atomic E-state index is 6.02. The molecule has 0 aromatic heterocycles. The van der Waals surface area contributed by atoms with Gasteiger partial charge >= 0.3 is 0 Å². The molecule has 0 spiro atoms. The lowest BCUT2D eigenvalue weighted by atomic mass is 9.89. The van der Waals surface area contributed by atoms with E-state index in [2.05, 4.69) is 4.90 Å². The minimum Gasteiger partial charge on any atom is -0.379 e. The summed E-state index contributed by atoms with van der Waals surface area (Å²) in [7, 11) is 0. The van der Waals surface area contributed by atoms with Crippen LogP contribution in [0.5, 0.6) is 0 Å². The van der Waals surface area contributed by atoms with E-state index in [4.69, 9.17) is 15.2 Å². The van der Waals surface area contributed by atoms with Gasteiger partial charge in [0, 0.05) is 26.2 Å². The van der Waals surface area contributed by atoms with Gasteiger partial charge in [-0.05, 0) is 25.7 Å². The van der Waals surface area contributed by atoms with Crippen LogP contribution in [0.3, 0.4) is 0 Å². The van der Waals surface area contributed by atoms with Crippen LogP contribution in [0.25, 0.3) is 0 Å². The number of fused-ring (bicyclic) bond motifs is 2. The average molecular weight is 226 g/mol. The maximum atomic E-state index is 6.02. The highest BCUT2D eigenvalue weighted by molar-refractivity contribution is 4.99. The van der Waals surface area contributed by atoms with Gasteiger partial charge in [0.25, 0.3) is 0 Å². The lowest BCUT2D eigenvalue weighted by molar-refractivity contribution is -0.113. The summed E-state index contributed by atoms with van der Waals surface area (Å²) in [5.74, 6) is 0. The Labute approximate surface area is 97.1 Å². The first-order valence-electron chi connectivity index (χ1n) is 6.51. The SMILES string of the molecule is NCC1(N2CC3CCC(C2)O3)CCCOC1. The molecule has 3 rings (SSSR count). The van der Waals surface area contributed by atoms with Crippen LogP contribution in [0, 0.1) is 0 Å². The molecule has 4 nitrogen and oxygen atoms in total. The molecule has 0 aromatic rings. The zero-order valence-electron chi connectivity index (χ0n) is 9.86. The third-order valence-electron chi connectivity index (χ3n) is 4.40. The lowest BCUT2D eigenvalue weighted by Gasteiger charge is -2.48. The summed E-state index contributed by atoms with van der Waals surface area (Å²) in [5, 5.41) is 0. The van der Waals surface area contributed by atoms with E-state index in [1.165, 1.54) is 19.3 Å². The van der Waals surface area contributed by atoms with Crippen LogP contribution in [-0.2, 0) is 9.47 Å². The van der Waals surface area contributed by atoms with Crippen molar-refractivity contribution in [2.24, 2.45) is 5.73 Å². The monoisotopic (exact) mass is 226 g/mol. The number of hydrogen-bond acceptors (Lipinski definition) is 4. The summed E-state index contributed by atoms with van der Waals surface area (Å²) in [4.78, 5) is 2.55. The van der Waals surface area contributed by atoms with Crippen molar-refractivity contribution in [1.29, 1.82) is 0 Å². The smallest absolute Gasteiger partial charge is 0.0707 e. The predicted octanol–water partition coefficient (Wildman–Crippen LogP) is 0.357. The van der Waals surface area contributed by atoms with Gasteiger partial charge in [0.2, 0.25) is 0 Å². The molecule has 4 heteroatoms. The molecule has 0 amide bonds. The van der Waals surface area contributed by atoms with Gasteiger partial charge in [-0.15, -0.1) is 0 Å². The van der Waals surface area contributed by atoms with Crippen LogP contribution in [0.2, 0.25) is 0 Å². The first-order valence-corrected chi connectivity index (χ1v) is 6.51. The highest BCUT2D eigenvalue weighted by Crippen LogP contribution is 2.33. The van der Waals surface area contributed by atoms with E-state index >= 15 is 0 Å². The van der Waals surface area contributed by atoms with Crippen LogP contribution in [0.4, 0.5) is 0 Å². The Bertz CT molecular complexity index is 241. The van der Waals surface area contributed by atoms with Crippen LogP contribution in [0.15, 0.2) is 0 Å². The summed E-state index contributed by atoms with van der Waals surface area (Å²) in [6, 6.07) is 0. The van der Waals surface area contributed by atoms with Gasteiger partial charge in [-0.25, -0.2) is 0 Å². The molecule has 0 aromatic carbocycles. The van der Waals surface area contributed by atoms with E-state index in [9.17, 15) is 0 Å². The van der Waals surface area contributed by atoms with E-state index < -0.39 is 0 Å². The van der Waals surface area contributed by atoms with Crippen molar-refractivity contribution < 1.29 is 9.47 Å². The molecule has 3 atom stereocenters. The van der Waals surface area contributed by atoms with Crippen molar-refractivity contribution in [2.75, 3.05) is 32.8 Å². The zero-order valence-corrected chi connectivity index (χ0v) is 9.86. The number of hydrogen-bond donors (Lipinski definition) is 1. The fourth-order valence-corrected chi connectivity index (χ4v) is 3.38. The largest absolute Gasteiger partial charge is 0.379 e. The third-order valence-corrected chi connectivity index (χ3v) is 4.40. The van der Waals surface area contributed by atoms with E-state index in [1.807, 2.05) is 0 Å². The molecule has 3 saturated heterocycles. The molecule has 0 radical (unpaired) electrons. The topological polar surface area (TPSA) is 47.7 Å². The molecule has 3 heterocycles. The first kappa shape index (κ1) is 11.0. The fraction of sp³-hybridized carbons (Fsp3) is 1.00. The second-order valence-electron chi connectivity index (χ2n) is 5.45. The Hall–Kier alpha value is -0.160. The van der Waals surface area contributed by atoms with Gasteiger partial charge in [0.15, 0.2) is 0 Å². The Balaban J connectivity index is 1.74. The average Bonchev–Trinajstić information content (AvgIpc) is 2.69. The summed E-state index contributed by atoms with van der Waals surface area (Å²) in [6.45, 7) is 4.53. The highest BCUT2D eigenvalue weighted by Gasteiger charge is 2.44. The zero-order chi connectivity index (χ0) is 11.0. The molecule has 2 N–H and O–H groups in total. The summed E-state index contributed by atoms with van der Waals surface area (Å²) < 4.78 is 11.5. The van der Waals surface area contributed by atoms with Crippen LogP contribution >= 0.6 is 0 Å². The first-order chi connectivity index (χ1) is 7.82. The summed E-state index contributed by atoms with van der Waals surface area (Å²) >= 11 is 0. The van der Waals surface area contributed by atoms with Crippen LogP contribution < -0.4 is 5.73 Å². The number of likely N-dealkylation sites (tertiary alicyclic amines) is 1. The quantitative estimate of drug-likeness (QED) is 0.738. The standard InChI is InChI=1S/C12H22N2O2/c13-8-12(4-1-5-15-9-12)14-6-10-2-3-11(7-14)16-10/h10-11H,1-9,13H2. The molecule has 3 unspecified atom stereocenters. The van der Waals surface area contributed by atoms with Gasteiger partial charge in [-0.3, -0.25) is 4.90 Å².